The first kappa shape index (κ1) is 12.7. The first-order valence-electron chi connectivity index (χ1n) is 3.97. The van der Waals surface area contributed by atoms with Gasteiger partial charge in [-0.15, -0.1) is 12.4 Å². The number of hydrogen-bond acceptors (Lipinski definition) is 2. The van der Waals surface area contributed by atoms with Gasteiger partial charge in [0.1, 0.15) is 0 Å². The van der Waals surface area contributed by atoms with E-state index in [9.17, 15) is 4.79 Å². The third-order valence-corrected chi connectivity index (χ3v) is 1.77. The smallest absolute Gasteiger partial charge is 0.404 e. The zero-order valence-corrected chi connectivity index (χ0v) is 8.38. The number of hydrogen-bond donors (Lipinski definition) is 3. The Morgan fingerprint density at radius 3 is 2.43 bits per heavy atom. The molecule has 14 heavy (non-hydrogen) atoms. The Bertz CT molecular complexity index is 305. The summed E-state index contributed by atoms with van der Waals surface area (Å²) in [5.41, 5.74) is 7.37. The molecule has 0 fully saturated rings. The summed E-state index contributed by atoms with van der Waals surface area (Å²) >= 11 is 0. The van der Waals surface area contributed by atoms with Crippen molar-refractivity contribution in [1.82, 2.24) is 5.32 Å². The maximum Gasteiger partial charge on any atom is 0.404 e. The van der Waals surface area contributed by atoms with Gasteiger partial charge in [-0.25, -0.2) is 4.79 Å². The number of amides is 1. The molecule has 0 saturated heterocycles. The van der Waals surface area contributed by atoms with Crippen LogP contribution in [0, 0.1) is 0 Å². The normalized spacial score (nSPS) is 8.93. The van der Waals surface area contributed by atoms with Crippen molar-refractivity contribution in [2.24, 2.45) is 5.73 Å². The fourth-order valence-electron chi connectivity index (χ4n) is 1.10. The molecule has 0 bridgehead atoms. The van der Waals surface area contributed by atoms with Crippen LogP contribution in [0.15, 0.2) is 24.3 Å². The Kier molecular flexibility index (Phi) is 5.67. The fraction of sp³-hybridized carbons (Fsp3) is 0.222. The van der Waals surface area contributed by atoms with Gasteiger partial charge in [-0.2, -0.15) is 0 Å². The summed E-state index contributed by atoms with van der Waals surface area (Å²) in [5.74, 6) is 0. The molecule has 0 unspecified atom stereocenters. The summed E-state index contributed by atoms with van der Waals surface area (Å²) in [5, 5.41) is 10.7. The second-order valence-corrected chi connectivity index (χ2v) is 2.63. The molecule has 0 aliphatic heterocycles. The lowest BCUT2D eigenvalue weighted by atomic mass is 10.1. The zero-order chi connectivity index (χ0) is 9.68. The van der Waals surface area contributed by atoms with E-state index < -0.39 is 6.09 Å². The minimum atomic E-state index is -1.02. The van der Waals surface area contributed by atoms with Crippen molar-refractivity contribution in [2.45, 2.75) is 13.1 Å². The summed E-state index contributed by atoms with van der Waals surface area (Å²) in [6.45, 7) is 0.736. The minimum Gasteiger partial charge on any atom is -0.465 e. The molecule has 0 aromatic heterocycles. The van der Waals surface area contributed by atoms with Gasteiger partial charge in [0, 0.05) is 13.1 Å². The van der Waals surface area contributed by atoms with Gasteiger partial charge in [0.05, 0.1) is 0 Å². The molecule has 0 radical (unpaired) electrons. The third-order valence-electron chi connectivity index (χ3n) is 1.77. The van der Waals surface area contributed by atoms with Crippen molar-refractivity contribution in [3.8, 4) is 0 Å². The molecule has 0 saturated carbocycles. The minimum absolute atomic E-state index is 0. The van der Waals surface area contributed by atoms with E-state index in [-0.39, 0.29) is 12.4 Å². The third kappa shape index (κ3) is 3.64. The molecule has 0 heterocycles. The van der Waals surface area contributed by atoms with E-state index in [1.807, 2.05) is 24.3 Å². The molecule has 0 atom stereocenters. The van der Waals surface area contributed by atoms with Gasteiger partial charge in [0.15, 0.2) is 0 Å². The van der Waals surface area contributed by atoms with Crippen molar-refractivity contribution >= 4 is 18.5 Å². The Hall–Kier alpha value is -1.26. The Labute approximate surface area is 88.5 Å². The molecule has 4 N–H and O–H groups in total. The lowest BCUT2D eigenvalue weighted by Crippen LogP contribution is -2.21. The van der Waals surface area contributed by atoms with E-state index in [1.165, 1.54) is 0 Å². The molecule has 0 aliphatic rings. The molecule has 0 aliphatic carbocycles. The first-order valence-corrected chi connectivity index (χ1v) is 3.97. The number of carbonyl (C=O) groups is 1. The van der Waals surface area contributed by atoms with Crippen LogP contribution in [0.5, 0.6) is 0 Å². The molecule has 5 heteroatoms. The van der Waals surface area contributed by atoms with Crippen LogP contribution >= 0.6 is 12.4 Å². The van der Waals surface area contributed by atoms with Crippen LogP contribution in [0.2, 0.25) is 0 Å². The molecular weight excluding hydrogens is 204 g/mol. The largest absolute Gasteiger partial charge is 0.465 e. The van der Waals surface area contributed by atoms with Crippen LogP contribution < -0.4 is 11.1 Å². The van der Waals surface area contributed by atoms with Crippen LogP contribution in [-0.4, -0.2) is 11.2 Å². The highest BCUT2D eigenvalue weighted by atomic mass is 35.5. The van der Waals surface area contributed by atoms with Gasteiger partial charge in [0.25, 0.3) is 0 Å². The molecule has 1 amide bonds. The molecule has 4 nitrogen and oxygen atoms in total. The van der Waals surface area contributed by atoms with E-state index in [1.54, 1.807) is 0 Å². The topological polar surface area (TPSA) is 75.3 Å². The molecule has 78 valence electrons. The van der Waals surface area contributed by atoms with E-state index >= 15 is 0 Å². The lowest BCUT2D eigenvalue weighted by molar-refractivity contribution is 0.194. The van der Waals surface area contributed by atoms with Crippen molar-refractivity contribution in [3.63, 3.8) is 0 Å². The molecule has 1 rings (SSSR count). The van der Waals surface area contributed by atoms with Gasteiger partial charge in [-0.05, 0) is 11.1 Å². The average Bonchev–Trinajstić information content (AvgIpc) is 2.15. The number of rotatable bonds is 3. The summed E-state index contributed by atoms with van der Waals surface area (Å²) in [4.78, 5) is 10.2. The number of halogens is 1. The summed E-state index contributed by atoms with van der Waals surface area (Å²) in [6.07, 6.45) is -1.02. The highest BCUT2D eigenvalue weighted by molar-refractivity contribution is 5.85. The maximum absolute atomic E-state index is 10.2. The van der Waals surface area contributed by atoms with Crippen molar-refractivity contribution in [1.29, 1.82) is 0 Å². The Morgan fingerprint density at radius 2 is 1.93 bits per heavy atom. The lowest BCUT2D eigenvalue weighted by Gasteiger charge is -2.06. The van der Waals surface area contributed by atoms with Gasteiger partial charge in [-0.1, -0.05) is 24.3 Å². The van der Waals surface area contributed by atoms with Crippen LogP contribution in [0.25, 0.3) is 0 Å². The number of nitrogens with two attached hydrogens (primary N) is 1. The van der Waals surface area contributed by atoms with Crippen LogP contribution in [0.4, 0.5) is 4.79 Å². The molecule has 1 aromatic rings. The summed E-state index contributed by atoms with van der Waals surface area (Å²) in [7, 11) is 0. The SMILES string of the molecule is Cl.NCc1ccccc1CNC(=O)O. The van der Waals surface area contributed by atoms with Gasteiger partial charge in [-0.3, -0.25) is 0 Å². The highest BCUT2D eigenvalue weighted by Crippen LogP contribution is 2.06. The monoisotopic (exact) mass is 216 g/mol. The van der Waals surface area contributed by atoms with Crippen molar-refractivity contribution in [2.75, 3.05) is 0 Å². The second kappa shape index (κ2) is 6.23. The summed E-state index contributed by atoms with van der Waals surface area (Å²) in [6, 6.07) is 7.49. The number of nitrogens with one attached hydrogen (secondary N) is 1. The van der Waals surface area contributed by atoms with E-state index in [0.29, 0.717) is 13.1 Å². The van der Waals surface area contributed by atoms with Gasteiger partial charge in [0.2, 0.25) is 0 Å². The predicted octanol–water partition coefficient (Wildman–Crippen LogP) is 1.33. The molecular formula is C9H13ClN2O2. The average molecular weight is 217 g/mol. The fourth-order valence-corrected chi connectivity index (χ4v) is 1.10. The molecule has 0 spiro atoms. The second-order valence-electron chi connectivity index (χ2n) is 2.63. The molecule has 1 aromatic carbocycles. The zero-order valence-electron chi connectivity index (χ0n) is 7.56. The summed E-state index contributed by atoms with van der Waals surface area (Å²) < 4.78 is 0. The van der Waals surface area contributed by atoms with E-state index in [4.69, 9.17) is 10.8 Å². The Morgan fingerprint density at radius 1 is 1.36 bits per heavy atom. The van der Waals surface area contributed by atoms with Crippen LogP contribution in [-0.2, 0) is 13.1 Å². The van der Waals surface area contributed by atoms with E-state index in [0.717, 1.165) is 11.1 Å². The number of carboxylic acid groups (broad SMARTS) is 1. The highest BCUT2D eigenvalue weighted by Gasteiger charge is 2.00. The first-order chi connectivity index (χ1) is 6.24. The van der Waals surface area contributed by atoms with Crippen molar-refractivity contribution in [3.05, 3.63) is 35.4 Å². The van der Waals surface area contributed by atoms with Crippen molar-refractivity contribution < 1.29 is 9.90 Å². The van der Waals surface area contributed by atoms with E-state index in [2.05, 4.69) is 5.32 Å². The van der Waals surface area contributed by atoms with Crippen LogP contribution in [0.1, 0.15) is 11.1 Å². The predicted molar refractivity (Wildman–Crippen MR) is 56.4 cm³/mol. The quantitative estimate of drug-likeness (QED) is 0.714. The standard InChI is InChI=1S/C9H12N2O2.ClH/c10-5-7-3-1-2-4-8(7)6-11-9(12)13;/h1-4,11H,5-6,10H2,(H,12,13);1H. The van der Waals surface area contributed by atoms with Gasteiger partial charge >= 0.3 is 6.09 Å². The maximum atomic E-state index is 10.2. The number of benzene rings is 1. The Balaban J connectivity index is 0.00000169. The van der Waals surface area contributed by atoms with Crippen LogP contribution in [0.3, 0.4) is 0 Å². The van der Waals surface area contributed by atoms with Gasteiger partial charge < -0.3 is 16.2 Å².